The van der Waals surface area contributed by atoms with Crippen molar-refractivity contribution in [1.29, 1.82) is 0 Å². The summed E-state index contributed by atoms with van der Waals surface area (Å²) in [5.74, 6) is -0.933. The molecule has 4 nitrogen and oxygen atoms in total. The van der Waals surface area contributed by atoms with Crippen molar-refractivity contribution in [3.63, 3.8) is 0 Å². The van der Waals surface area contributed by atoms with Crippen molar-refractivity contribution in [2.24, 2.45) is 11.5 Å². The molecular formula is C15H36N2O2P+. The van der Waals surface area contributed by atoms with E-state index in [0.29, 0.717) is 13.0 Å². The van der Waals surface area contributed by atoms with Gasteiger partial charge in [-0.1, -0.05) is 26.2 Å². The number of unbranched alkanes of at least 4 members (excludes halogenated alkanes) is 4. The van der Waals surface area contributed by atoms with Gasteiger partial charge in [0, 0.05) is 27.3 Å². The predicted molar refractivity (Wildman–Crippen MR) is 92.2 cm³/mol. The fourth-order valence-electron chi connectivity index (χ4n) is 1.64. The smallest absolute Gasteiger partial charge is 0.320 e. The van der Waals surface area contributed by atoms with Gasteiger partial charge in [-0.15, -0.1) is 0 Å². The summed E-state index contributed by atoms with van der Waals surface area (Å²) in [6, 6.07) is -0.716. The van der Waals surface area contributed by atoms with E-state index >= 15 is 0 Å². The van der Waals surface area contributed by atoms with Crippen LogP contribution < -0.4 is 11.5 Å². The second-order valence-corrected chi connectivity index (χ2v) is 11.3. The molecule has 0 aromatic heterocycles. The van der Waals surface area contributed by atoms with Gasteiger partial charge in [0.2, 0.25) is 0 Å². The van der Waals surface area contributed by atoms with Gasteiger partial charge in [0.25, 0.3) is 0 Å². The van der Waals surface area contributed by atoms with Gasteiger partial charge in [-0.3, -0.25) is 4.79 Å². The molecule has 0 aromatic rings. The molecular weight excluding hydrogens is 271 g/mol. The molecule has 0 aliphatic heterocycles. The zero-order valence-corrected chi connectivity index (χ0v) is 14.8. The van der Waals surface area contributed by atoms with E-state index in [0.717, 1.165) is 12.8 Å². The Bertz CT molecular complexity index is 230. The molecule has 20 heavy (non-hydrogen) atoms. The van der Waals surface area contributed by atoms with Crippen LogP contribution in [-0.4, -0.2) is 49.8 Å². The Labute approximate surface area is 126 Å². The summed E-state index contributed by atoms with van der Waals surface area (Å²) in [5, 5.41) is 8.33. The summed E-state index contributed by atoms with van der Waals surface area (Å²) in [6.07, 6.45) is 9.37. The molecule has 0 saturated carbocycles. The average molecular weight is 307 g/mol. The third kappa shape index (κ3) is 20.1. The first-order valence-electron chi connectivity index (χ1n) is 7.73. The first-order chi connectivity index (χ1) is 9.24. The van der Waals surface area contributed by atoms with Crippen LogP contribution in [0.15, 0.2) is 0 Å². The third-order valence-electron chi connectivity index (χ3n) is 2.97. The largest absolute Gasteiger partial charge is 0.480 e. The molecule has 0 spiro atoms. The van der Waals surface area contributed by atoms with Crippen LogP contribution >= 0.6 is 7.26 Å². The lowest BCUT2D eigenvalue weighted by Crippen LogP contribution is -2.29. The second kappa shape index (κ2) is 13.8. The molecule has 1 atom stereocenters. The van der Waals surface area contributed by atoms with Gasteiger partial charge in [-0.25, -0.2) is 0 Å². The average Bonchev–Trinajstić information content (AvgIpc) is 2.34. The summed E-state index contributed by atoms with van der Waals surface area (Å²) in [6.45, 7) is 10.2. The van der Waals surface area contributed by atoms with E-state index in [9.17, 15) is 4.79 Å². The normalized spacial score (nSPS) is 12.5. The van der Waals surface area contributed by atoms with Gasteiger partial charge < -0.3 is 16.6 Å². The van der Waals surface area contributed by atoms with Crippen LogP contribution in [0.3, 0.4) is 0 Å². The van der Waals surface area contributed by atoms with E-state index in [-0.39, 0.29) is 0 Å². The summed E-state index contributed by atoms with van der Waals surface area (Å²) >= 11 is 0. The van der Waals surface area contributed by atoms with Crippen molar-refractivity contribution in [2.75, 3.05) is 32.7 Å². The van der Waals surface area contributed by atoms with Gasteiger partial charge in [-0.2, -0.15) is 0 Å². The number of aliphatic carboxylic acids is 1. The summed E-state index contributed by atoms with van der Waals surface area (Å²) in [4.78, 5) is 10.1. The minimum atomic E-state index is -0.933. The maximum atomic E-state index is 10.1. The van der Waals surface area contributed by atoms with E-state index < -0.39 is 19.3 Å². The van der Waals surface area contributed by atoms with Crippen molar-refractivity contribution >= 4 is 13.2 Å². The van der Waals surface area contributed by atoms with Crippen LogP contribution in [0, 0.1) is 0 Å². The van der Waals surface area contributed by atoms with Crippen LogP contribution in [-0.2, 0) is 4.79 Å². The van der Waals surface area contributed by atoms with Gasteiger partial charge in [0.15, 0.2) is 0 Å². The van der Waals surface area contributed by atoms with E-state index in [1.54, 1.807) is 0 Å². The van der Waals surface area contributed by atoms with Crippen molar-refractivity contribution in [3.8, 4) is 0 Å². The van der Waals surface area contributed by atoms with Crippen LogP contribution in [0.25, 0.3) is 0 Å². The molecule has 0 rings (SSSR count). The zero-order chi connectivity index (χ0) is 16.0. The standard InChI is InChI=1S/C9H22P.C6H14N2O2/c1-5-6-7-8-9-10(2,3)4;7-4-2-1-3-5(8)6(9)10/h5-9H2,1-4H3;5H,1-4,7-8H2,(H,9,10)/q+1;. The second-order valence-electron chi connectivity index (χ2n) is 6.30. The van der Waals surface area contributed by atoms with Crippen molar-refractivity contribution in [3.05, 3.63) is 0 Å². The minimum absolute atomic E-state index is 0.456. The first kappa shape index (κ1) is 22.1. The number of rotatable bonds is 10. The lowest BCUT2D eigenvalue weighted by Gasteiger charge is -2.10. The predicted octanol–water partition coefficient (Wildman–Crippen LogP) is 3.00. The van der Waals surface area contributed by atoms with Crippen molar-refractivity contribution < 1.29 is 9.90 Å². The van der Waals surface area contributed by atoms with Crippen LogP contribution in [0.1, 0.15) is 51.9 Å². The van der Waals surface area contributed by atoms with Crippen molar-refractivity contribution in [2.45, 2.75) is 57.9 Å². The Morgan fingerprint density at radius 1 is 1.10 bits per heavy atom. The molecule has 0 fully saturated rings. The quantitative estimate of drug-likeness (QED) is 0.427. The molecule has 5 heteroatoms. The van der Waals surface area contributed by atoms with Crippen LogP contribution in [0.2, 0.25) is 0 Å². The molecule has 0 saturated heterocycles. The zero-order valence-electron chi connectivity index (χ0n) is 13.9. The highest BCUT2D eigenvalue weighted by atomic mass is 31.2. The van der Waals surface area contributed by atoms with E-state index in [1.165, 1.54) is 31.8 Å². The monoisotopic (exact) mass is 307 g/mol. The first-order valence-corrected chi connectivity index (χ1v) is 11.0. The Balaban J connectivity index is 0. The SMILES string of the molecule is CCCCCC[P+](C)(C)C.NCCCCC(N)C(=O)O. The molecule has 0 amide bonds. The molecule has 0 aliphatic carbocycles. The number of nitrogens with two attached hydrogens (primary N) is 2. The number of carbonyl (C=O) groups is 1. The van der Waals surface area contributed by atoms with E-state index in [2.05, 4.69) is 26.9 Å². The lowest BCUT2D eigenvalue weighted by molar-refractivity contribution is -0.138. The number of hydrogen-bond donors (Lipinski definition) is 3. The molecule has 0 aliphatic rings. The molecule has 0 heterocycles. The van der Waals surface area contributed by atoms with Gasteiger partial charge in [0.1, 0.15) is 6.04 Å². The lowest BCUT2D eigenvalue weighted by atomic mass is 10.1. The van der Waals surface area contributed by atoms with E-state index in [1.807, 2.05) is 0 Å². The van der Waals surface area contributed by atoms with Crippen molar-refractivity contribution in [1.82, 2.24) is 0 Å². The maximum absolute atomic E-state index is 10.1. The number of carboxylic acid groups (broad SMARTS) is 1. The Morgan fingerprint density at radius 2 is 1.70 bits per heavy atom. The molecule has 122 valence electrons. The van der Waals surface area contributed by atoms with E-state index in [4.69, 9.17) is 16.6 Å². The summed E-state index contributed by atoms with van der Waals surface area (Å²) in [7, 11) is -0.456. The summed E-state index contributed by atoms with van der Waals surface area (Å²) < 4.78 is 0. The molecule has 0 aromatic carbocycles. The number of hydrogen-bond acceptors (Lipinski definition) is 3. The number of carboxylic acids is 1. The Kier molecular flexibility index (Phi) is 15.2. The fraction of sp³-hybridized carbons (Fsp3) is 0.933. The van der Waals surface area contributed by atoms with Gasteiger partial charge in [-0.05, 0) is 32.2 Å². The Morgan fingerprint density at radius 3 is 2.10 bits per heavy atom. The van der Waals surface area contributed by atoms with Crippen LogP contribution in [0.5, 0.6) is 0 Å². The molecule has 0 radical (unpaired) electrons. The highest BCUT2D eigenvalue weighted by Crippen LogP contribution is 2.47. The maximum Gasteiger partial charge on any atom is 0.320 e. The fourth-order valence-corrected chi connectivity index (χ4v) is 2.82. The molecule has 5 N–H and O–H groups in total. The molecule has 0 bridgehead atoms. The van der Waals surface area contributed by atoms with Crippen LogP contribution in [0.4, 0.5) is 0 Å². The highest BCUT2D eigenvalue weighted by Gasteiger charge is 2.15. The highest BCUT2D eigenvalue weighted by molar-refractivity contribution is 7.73. The van der Waals surface area contributed by atoms with Gasteiger partial charge >= 0.3 is 5.97 Å². The Hall–Kier alpha value is -0.180. The summed E-state index contributed by atoms with van der Waals surface area (Å²) in [5.41, 5.74) is 10.4. The minimum Gasteiger partial charge on any atom is -0.480 e. The van der Waals surface area contributed by atoms with Gasteiger partial charge in [0.05, 0.1) is 6.16 Å². The third-order valence-corrected chi connectivity index (χ3v) is 4.63. The molecule has 1 unspecified atom stereocenters. The topological polar surface area (TPSA) is 89.3 Å².